The first-order valence-electron chi connectivity index (χ1n) is 15.8. The van der Waals surface area contributed by atoms with Crippen LogP contribution in [-0.2, 0) is 30.0 Å². The van der Waals surface area contributed by atoms with Crippen LogP contribution in [0.4, 0.5) is 5.69 Å². The molecule has 5 aromatic rings. The number of rotatable bonds is 6. The number of carbonyl (C=O) groups is 4. The van der Waals surface area contributed by atoms with E-state index in [0.29, 0.717) is 32.3 Å². The Hall–Kier alpha value is -5.30. The number of nitrogens with zero attached hydrogens (tertiary/aromatic N) is 1. The number of Topliss-reactive ketones (excluding diaryl/α,β-unsaturated/α-hetero) is 1. The zero-order valence-electron chi connectivity index (χ0n) is 26.1. The van der Waals surface area contributed by atoms with Crippen LogP contribution in [0, 0.1) is 11.8 Å². The number of hydrogen-bond donors (Lipinski definition) is 0. The number of carbonyl (C=O) groups excluding carboxylic acids is 4. The molecule has 2 bridgehead atoms. The maximum Gasteiger partial charge on any atom is 0.337 e. The van der Waals surface area contributed by atoms with Crippen LogP contribution >= 0.6 is 23.2 Å². The SMILES string of the molecule is COC(=O)c1cccc(N2C(=O)[C@H]3[C@H](C2=O)[C@@]2(c4ccc(Cl)cc4)C(=O)[C@@]3(c3ccc(Cl)cc3)C(c3ccccc3)=C2c2ccccc2)c1. The second-order valence-corrected chi connectivity index (χ2v) is 13.3. The van der Waals surface area contributed by atoms with E-state index in [4.69, 9.17) is 27.9 Å². The molecule has 1 saturated heterocycles. The van der Waals surface area contributed by atoms with Gasteiger partial charge in [0.05, 0.1) is 41.0 Å². The van der Waals surface area contributed by atoms with Gasteiger partial charge in [-0.2, -0.15) is 0 Å². The minimum absolute atomic E-state index is 0.185. The molecule has 0 aromatic heterocycles. The molecule has 1 heterocycles. The van der Waals surface area contributed by atoms with Crippen LogP contribution in [0.25, 0.3) is 11.1 Å². The summed E-state index contributed by atoms with van der Waals surface area (Å²) in [6.45, 7) is 0. The summed E-state index contributed by atoms with van der Waals surface area (Å²) in [5.74, 6) is -4.19. The molecule has 1 saturated carbocycles. The molecular weight excluding hydrogens is 657 g/mol. The number of esters is 1. The fraction of sp³-hybridized carbons (Fsp3) is 0.122. The maximum absolute atomic E-state index is 16.0. The quantitative estimate of drug-likeness (QED) is 0.134. The number of amides is 2. The molecule has 2 aliphatic carbocycles. The second kappa shape index (κ2) is 11.4. The molecule has 2 amide bonds. The van der Waals surface area contributed by atoms with Gasteiger partial charge in [0.2, 0.25) is 11.8 Å². The molecule has 5 aromatic carbocycles. The van der Waals surface area contributed by atoms with E-state index in [9.17, 15) is 4.79 Å². The third-order valence-electron chi connectivity index (χ3n) is 10.2. The summed E-state index contributed by atoms with van der Waals surface area (Å²) in [4.78, 5) is 60.0. The first-order valence-corrected chi connectivity index (χ1v) is 16.5. The highest BCUT2D eigenvalue weighted by atomic mass is 35.5. The van der Waals surface area contributed by atoms with Crippen molar-refractivity contribution < 1.29 is 23.9 Å². The van der Waals surface area contributed by atoms with E-state index in [1.54, 1.807) is 66.7 Å². The van der Waals surface area contributed by atoms with Gasteiger partial charge in [-0.3, -0.25) is 14.4 Å². The van der Waals surface area contributed by atoms with E-state index in [1.165, 1.54) is 13.2 Å². The molecule has 2 fully saturated rings. The number of allylic oxidation sites excluding steroid dienone is 2. The van der Waals surface area contributed by atoms with E-state index in [1.807, 2.05) is 60.7 Å². The summed E-state index contributed by atoms with van der Waals surface area (Å²) in [5, 5.41) is 0.931. The summed E-state index contributed by atoms with van der Waals surface area (Å²) >= 11 is 12.8. The van der Waals surface area contributed by atoms with Gasteiger partial charge in [0, 0.05) is 10.0 Å². The van der Waals surface area contributed by atoms with Gasteiger partial charge in [-0.15, -0.1) is 0 Å². The average Bonchev–Trinajstić information content (AvgIpc) is 3.64. The van der Waals surface area contributed by atoms with E-state index >= 15 is 14.4 Å². The van der Waals surface area contributed by atoms with Crippen LogP contribution in [0.2, 0.25) is 10.0 Å². The molecule has 6 nitrogen and oxygen atoms in total. The van der Waals surface area contributed by atoms with Crippen molar-refractivity contribution in [3.63, 3.8) is 0 Å². The van der Waals surface area contributed by atoms with E-state index in [2.05, 4.69) is 0 Å². The number of anilines is 1. The number of imide groups is 1. The van der Waals surface area contributed by atoms with Crippen molar-refractivity contribution in [2.24, 2.45) is 11.8 Å². The first kappa shape index (κ1) is 31.0. The van der Waals surface area contributed by atoms with Crippen molar-refractivity contribution in [2.45, 2.75) is 10.8 Å². The van der Waals surface area contributed by atoms with Crippen molar-refractivity contribution in [1.82, 2.24) is 0 Å². The largest absolute Gasteiger partial charge is 0.465 e. The molecule has 4 atom stereocenters. The standard InChI is InChI=1S/C41H27Cl2NO5/c1-49-38(47)26-13-8-14-31(23-26)44-36(45)34-35(37(44)46)41(28-17-21-30(43)22-18-28)33(25-11-6-3-7-12-25)32(24-9-4-2-5-10-24)40(34,39(41)48)27-15-19-29(42)20-16-27/h2-23,34-35H,1H3/t34-,35-,40+,41+/m1/s1. The lowest BCUT2D eigenvalue weighted by molar-refractivity contribution is -0.130. The van der Waals surface area contributed by atoms with Gasteiger partial charge in [0.25, 0.3) is 0 Å². The van der Waals surface area contributed by atoms with E-state index in [-0.39, 0.29) is 17.0 Å². The van der Waals surface area contributed by atoms with Crippen LogP contribution in [0.5, 0.6) is 0 Å². The van der Waals surface area contributed by atoms with Gasteiger partial charge >= 0.3 is 5.97 Å². The molecule has 49 heavy (non-hydrogen) atoms. The number of fused-ring (bicyclic) bond motifs is 5. The Kier molecular flexibility index (Phi) is 7.21. The minimum atomic E-state index is -1.59. The van der Waals surface area contributed by atoms with Gasteiger partial charge in [-0.05, 0) is 75.9 Å². The highest BCUT2D eigenvalue weighted by Crippen LogP contribution is 2.74. The Morgan fingerprint density at radius 1 is 0.612 bits per heavy atom. The number of ketones is 1. The molecule has 0 N–H and O–H groups in total. The highest BCUT2D eigenvalue weighted by molar-refractivity contribution is 6.39. The zero-order chi connectivity index (χ0) is 34.1. The Balaban J connectivity index is 1.52. The Morgan fingerprint density at radius 2 is 1.06 bits per heavy atom. The van der Waals surface area contributed by atoms with E-state index < -0.39 is 40.4 Å². The third-order valence-corrected chi connectivity index (χ3v) is 10.7. The molecule has 0 radical (unpaired) electrons. The monoisotopic (exact) mass is 683 g/mol. The van der Waals surface area contributed by atoms with Gasteiger partial charge in [0.15, 0.2) is 5.78 Å². The number of hydrogen-bond acceptors (Lipinski definition) is 5. The lowest BCUT2D eigenvalue weighted by Crippen LogP contribution is -2.45. The molecule has 8 heteroatoms. The Labute approximate surface area is 292 Å². The lowest BCUT2D eigenvalue weighted by atomic mass is 9.59. The first-order chi connectivity index (χ1) is 23.8. The van der Waals surface area contributed by atoms with Crippen molar-refractivity contribution in [3.8, 4) is 0 Å². The molecule has 8 rings (SSSR count). The molecule has 0 unspecified atom stereocenters. The van der Waals surface area contributed by atoms with Crippen LogP contribution in [0.3, 0.4) is 0 Å². The number of ether oxygens (including phenoxy) is 1. The summed E-state index contributed by atoms with van der Waals surface area (Å²) in [5.41, 5.74) is 1.17. The smallest absolute Gasteiger partial charge is 0.337 e. The van der Waals surface area contributed by atoms with Gasteiger partial charge < -0.3 is 4.74 Å². The number of methoxy groups -OCH3 is 1. The molecule has 240 valence electrons. The number of halogens is 2. The molecule has 3 aliphatic rings. The highest BCUT2D eigenvalue weighted by Gasteiger charge is 2.82. The van der Waals surface area contributed by atoms with Gasteiger partial charge in [0.1, 0.15) is 0 Å². The molecular formula is C41H27Cl2NO5. The summed E-state index contributed by atoms with van der Waals surface area (Å²) in [6.07, 6.45) is 0. The lowest BCUT2D eigenvalue weighted by Gasteiger charge is -2.39. The second-order valence-electron chi connectivity index (χ2n) is 12.5. The van der Waals surface area contributed by atoms with Crippen molar-refractivity contribution in [1.29, 1.82) is 0 Å². The van der Waals surface area contributed by atoms with Crippen LogP contribution < -0.4 is 4.90 Å². The van der Waals surface area contributed by atoms with Crippen LogP contribution in [0.15, 0.2) is 133 Å². The summed E-state index contributed by atoms with van der Waals surface area (Å²) < 4.78 is 4.93. The van der Waals surface area contributed by atoms with Crippen molar-refractivity contribution in [3.05, 3.63) is 171 Å². The van der Waals surface area contributed by atoms with Crippen molar-refractivity contribution in [2.75, 3.05) is 12.0 Å². The van der Waals surface area contributed by atoms with Crippen LogP contribution in [-0.4, -0.2) is 30.7 Å². The third kappa shape index (κ3) is 4.14. The summed E-state index contributed by atoms with van der Waals surface area (Å²) in [7, 11) is 1.27. The maximum atomic E-state index is 16.0. The van der Waals surface area contributed by atoms with Crippen molar-refractivity contribution >= 4 is 63.6 Å². The van der Waals surface area contributed by atoms with Crippen LogP contribution in [0.1, 0.15) is 32.6 Å². The fourth-order valence-corrected chi connectivity index (χ4v) is 8.75. The number of benzene rings is 5. The predicted molar refractivity (Wildman–Crippen MR) is 188 cm³/mol. The topological polar surface area (TPSA) is 80.8 Å². The fourth-order valence-electron chi connectivity index (χ4n) is 8.50. The summed E-state index contributed by atoms with van der Waals surface area (Å²) in [6, 6.07) is 39.3. The van der Waals surface area contributed by atoms with Gasteiger partial charge in [-0.1, -0.05) is 114 Å². The predicted octanol–water partition coefficient (Wildman–Crippen LogP) is 7.97. The Bertz CT molecular complexity index is 2090. The Morgan fingerprint density at radius 3 is 1.49 bits per heavy atom. The normalized spacial score (nSPS) is 24.1. The molecule has 1 aliphatic heterocycles. The van der Waals surface area contributed by atoms with Gasteiger partial charge in [-0.25, -0.2) is 9.69 Å². The zero-order valence-corrected chi connectivity index (χ0v) is 27.6. The minimum Gasteiger partial charge on any atom is -0.465 e. The van der Waals surface area contributed by atoms with E-state index in [0.717, 1.165) is 16.0 Å². The average molecular weight is 685 g/mol. The molecule has 0 spiro atoms.